The van der Waals surface area contributed by atoms with Gasteiger partial charge in [-0.25, -0.2) is 9.78 Å². The standard InChI is InChI=1S/C16H16ClN3O2/c1-3-22-15(21)12-10-20-13(17)7-16(2,8-14(20)19-12)11-5-4-6-18-9-11/h4-7,9-10H,3,8H2,1-2H3. The summed E-state index contributed by atoms with van der Waals surface area (Å²) in [6, 6.07) is 3.91. The summed E-state index contributed by atoms with van der Waals surface area (Å²) in [6.45, 7) is 4.16. The third kappa shape index (κ3) is 2.52. The van der Waals surface area contributed by atoms with Crippen molar-refractivity contribution in [2.75, 3.05) is 6.61 Å². The Hall–Kier alpha value is -2.14. The lowest BCUT2D eigenvalue weighted by atomic mass is 9.79. The molecule has 5 nitrogen and oxygen atoms in total. The monoisotopic (exact) mass is 317 g/mol. The van der Waals surface area contributed by atoms with Gasteiger partial charge in [-0.2, -0.15) is 0 Å². The Labute approximate surface area is 133 Å². The van der Waals surface area contributed by atoms with Gasteiger partial charge in [-0.05, 0) is 24.6 Å². The van der Waals surface area contributed by atoms with Gasteiger partial charge in [0, 0.05) is 30.4 Å². The van der Waals surface area contributed by atoms with Crippen molar-refractivity contribution >= 4 is 22.7 Å². The maximum atomic E-state index is 11.8. The molecule has 1 aliphatic rings. The highest BCUT2D eigenvalue weighted by Gasteiger charge is 2.33. The van der Waals surface area contributed by atoms with Gasteiger partial charge in [0.1, 0.15) is 11.0 Å². The number of imidazole rings is 1. The maximum absolute atomic E-state index is 11.8. The summed E-state index contributed by atoms with van der Waals surface area (Å²) < 4.78 is 6.72. The zero-order chi connectivity index (χ0) is 15.7. The fourth-order valence-corrected chi connectivity index (χ4v) is 3.02. The number of fused-ring (bicyclic) bond motifs is 1. The topological polar surface area (TPSA) is 57.0 Å². The summed E-state index contributed by atoms with van der Waals surface area (Å²) in [7, 11) is 0. The molecule has 1 aliphatic heterocycles. The van der Waals surface area contributed by atoms with Crippen molar-refractivity contribution in [2.45, 2.75) is 25.7 Å². The second kappa shape index (κ2) is 5.57. The van der Waals surface area contributed by atoms with Gasteiger partial charge in [0.05, 0.1) is 6.61 Å². The molecule has 2 aromatic heterocycles. The molecular weight excluding hydrogens is 302 g/mol. The van der Waals surface area contributed by atoms with E-state index in [0.717, 1.165) is 11.4 Å². The minimum Gasteiger partial charge on any atom is -0.461 e. The van der Waals surface area contributed by atoms with Crippen LogP contribution < -0.4 is 0 Å². The molecule has 0 fully saturated rings. The highest BCUT2D eigenvalue weighted by molar-refractivity contribution is 6.45. The molecule has 0 radical (unpaired) electrons. The lowest BCUT2D eigenvalue weighted by molar-refractivity contribution is 0.0520. The van der Waals surface area contributed by atoms with Crippen LogP contribution in [0.4, 0.5) is 0 Å². The number of hydrogen-bond donors (Lipinski definition) is 0. The average Bonchev–Trinajstić information content (AvgIpc) is 2.93. The van der Waals surface area contributed by atoms with Crippen LogP contribution in [0.5, 0.6) is 0 Å². The molecule has 0 bridgehead atoms. The van der Waals surface area contributed by atoms with E-state index in [4.69, 9.17) is 16.3 Å². The third-order valence-electron chi connectivity index (χ3n) is 3.78. The second-order valence-corrected chi connectivity index (χ2v) is 5.82. The molecule has 1 unspecified atom stereocenters. The molecule has 2 aromatic rings. The number of ether oxygens (including phenoxy) is 1. The SMILES string of the molecule is CCOC(=O)c1cn2c(n1)CC(C)(c1cccnc1)C=C2Cl. The van der Waals surface area contributed by atoms with Gasteiger partial charge < -0.3 is 4.74 Å². The second-order valence-electron chi connectivity index (χ2n) is 5.44. The Balaban J connectivity index is 1.98. The highest BCUT2D eigenvalue weighted by Crippen LogP contribution is 2.36. The van der Waals surface area contributed by atoms with Crippen LogP contribution in [-0.2, 0) is 16.6 Å². The maximum Gasteiger partial charge on any atom is 0.358 e. The third-order valence-corrected chi connectivity index (χ3v) is 4.07. The number of pyridine rings is 1. The van der Waals surface area contributed by atoms with Gasteiger partial charge >= 0.3 is 5.97 Å². The van der Waals surface area contributed by atoms with Gasteiger partial charge in [0.15, 0.2) is 5.69 Å². The van der Waals surface area contributed by atoms with Crippen molar-refractivity contribution in [3.8, 4) is 0 Å². The minimum absolute atomic E-state index is 0.277. The molecule has 114 valence electrons. The van der Waals surface area contributed by atoms with Crippen LogP contribution in [0.3, 0.4) is 0 Å². The van der Waals surface area contributed by atoms with Crippen LogP contribution in [0, 0.1) is 0 Å². The number of halogens is 1. The fraction of sp³-hybridized carbons (Fsp3) is 0.312. The van der Waals surface area contributed by atoms with Crippen molar-refractivity contribution in [1.29, 1.82) is 0 Å². The summed E-state index contributed by atoms with van der Waals surface area (Å²) >= 11 is 6.39. The zero-order valence-corrected chi connectivity index (χ0v) is 13.2. The number of aromatic nitrogens is 3. The van der Waals surface area contributed by atoms with Crippen LogP contribution in [0.1, 0.15) is 35.7 Å². The molecule has 0 saturated carbocycles. The Kier molecular flexibility index (Phi) is 3.74. The number of carbonyl (C=O) groups is 1. The summed E-state index contributed by atoms with van der Waals surface area (Å²) in [4.78, 5) is 20.4. The molecule has 0 spiro atoms. The summed E-state index contributed by atoms with van der Waals surface area (Å²) in [6.07, 6.45) is 7.78. The molecule has 6 heteroatoms. The number of carbonyl (C=O) groups excluding carboxylic acids is 1. The first kappa shape index (κ1) is 14.8. The average molecular weight is 318 g/mol. The summed E-state index contributed by atoms with van der Waals surface area (Å²) in [5.41, 5.74) is 1.03. The van der Waals surface area contributed by atoms with Crippen LogP contribution in [0.2, 0.25) is 0 Å². The minimum atomic E-state index is -0.433. The van der Waals surface area contributed by atoms with Gasteiger partial charge in [-0.3, -0.25) is 9.55 Å². The van der Waals surface area contributed by atoms with E-state index >= 15 is 0 Å². The Bertz CT molecular complexity index is 739. The molecular formula is C16H16ClN3O2. The lowest BCUT2D eigenvalue weighted by Crippen LogP contribution is -2.28. The summed E-state index contributed by atoms with van der Waals surface area (Å²) in [5.74, 6) is 0.304. The van der Waals surface area contributed by atoms with Crippen molar-refractivity contribution in [1.82, 2.24) is 14.5 Å². The van der Waals surface area contributed by atoms with E-state index in [2.05, 4.69) is 16.9 Å². The highest BCUT2D eigenvalue weighted by atomic mass is 35.5. The van der Waals surface area contributed by atoms with Crippen molar-refractivity contribution in [3.63, 3.8) is 0 Å². The van der Waals surface area contributed by atoms with Crippen molar-refractivity contribution in [3.05, 3.63) is 53.9 Å². The Morgan fingerprint density at radius 2 is 2.36 bits per heavy atom. The molecule has 0 aliphatic carbocycles. The lowest BCUT2D eigenvalue weighted by Gasteiger charge is -2.30. The summed E-state index contributed by atoms with van der Waals surface area (Å²) in [5, 5.41) is 0.524. The molecule has 0 aromatic carbocycles. The Morgan fingerprint density at radius 3 is 3.05 bits per heavy atom. The van der Waals surface area contributed by atoms with E-state index in [0.29, 0.717) is 18.2 Å². The molecule has 1 atom stereocenters. The molecule has 22 heavy (non-hydrogen) atoms. The first-order chi connectivity index (χ1) is 10.5. The van der Waals surface area contributed by atoms with Crippen molar-refractivity contribution in [2.24, 2.45) is 0 Å². The van der Waals surface area contributed by atoms with Crippen LogP contribution >= 0.6 is 11.6 Å². The largest absolute Gasteiger partial charge is 0.461 e. The van der Waals surface area contributed by atoms with Crippen LogP contribution in [0.15, 0.2) is 36.8 Å². The molecule has 0 saturated heterocycles. The normalized spacial score (nSPS) is 20.2. The molecule has 3 rings (SSSR count). The molecule has 0 N–H and O–H groups in total. The fourth-order valence-electron chi connectivity index (χ4n) is 2.63. The number of hydrogen-bond acceptors (Lipinski definition) is 4. The van der Waals surface area contributed by atoms with Crippen LogP contribution in [0.25, 0.3) is 5.16 Å². The number of allylic oxidation sites excluding steroid dienone is 1. The Morgan fingerprint density at radius 1 is 1.55 bits per heavy atom. The van der Waals surface area contributed by atoms with Crippen LogP contribution in [-0.4, -0.2) is 27.1 Å². The van der Waals surface area contributed by atoms with Gasteiger partial charge in [0.2, 0.25) is 0 Å². The smallest absolute Gasteiger partial charge is 0.358 e. The van der Waals surface area contributed by atoms with Gasteiger partial charge in [-0.15, -0.1) is 0 Å². The number of esters is 1. The van der Waals surface area contributed by atoms with E-state index in [1.54, 1.807) is 23.9 Å². The number of rotatable bonds is 3. The molecule has 0 amide bonds. The van der Waals surface area contributed by atoms with E-state index in [9.17, 15) is 4.79 Å². The van der Waals surface area contributed by atoms with E-state index in [1.165, 1.54) is 0 Å². The quantitative estimate of drug-likeness (QED) is 0.817. The predicted octanol–water partition coefficient (Wildman–Crippen LogP) is 3.01. The van der Waals surface area contributed by atoms with Gasteiger partial charge in [0.25, 0.3) is 0 Å². The van der Waals surface area contributed by atoms with Gasteiger partial charge in [-0.1, -0.05) is 24.6 Å². The first-order valence-corrected chi connectivity index (χ1v) is 7.46. The predicted molar refractivity (Wildman–Crippen MR) is 83.6 cm³/mol. The first-order valence-electron chi connectivity index (χ1n) is 7.08. The van der Waals surface area contributed by atoms with E-state index in [1.807, 2.05) is 24.4 Å². The van der Waals surface area contributed by atoms with Crippen molar-refractivity contribution < 1.29 is 9.53 Å². The number of nitrogens with zero attached hydrogens (tertiary/aromatic N) is 3. The zero-order valence-electron chi connectivity index (χ0n) is 12.4. The molecule has 3 heterocycles. The van der Waals surface area contributed by atoms with E-state index < -0.39 is 5.97 Å². The van der Waals surface area contributed by atoms with E-state index in [-0.39, 0.29) is 11.1 Å².